The second kappa shape index (κ2) is 7.79. The number of hydrogen-bond acceptors (Lipinski definition) is 4. The first-order valence-electron chi connectivity index (χ1n) is 9.57. The number of hydrogen-bond donors (Lipinski definition) is 1. The van der Waals surface area contributed by atoms with Crippen molar-refractivity contribution < 1.29 is 4.79 Å². The van der Waals surface area contributed by atoms with Gasteiger partial charge in [-0.2, -0.15) is 0 Å². The molecule has 0 radical (unpaired) electrons. The molecular formula is C22H25N3OS. The Bertz CT molecular complexity index is 932. The van der Waals surface area contributed by atoms with Gasteiger partial charge in [-0.1, -0.05) is 24.6 Å². The van der Waals surface area contributed by atoms with Crippen LogP contribution in [0.2, 0.25) is 0 Å². The zero-order valence-corrected chi connectivity index (χ0v) is 16.7. The normalized spacial score (nSPS) is 17.9. The second-order valence-corrected chi connectivity index (χ2v) is 8.41. The number of carbonyl (C=O) groups excluding carboxylic acids is 1. The van der Waals surface area contributed by atoms with E-state index in [-0.39, 0.29) is 11.9 Å². The maximum absolute atomic E-state index is 12.7. The van der Waals surface area contributed by atoms with Crippen LogP contribution in [-0.2, 0) is 4.79 Å². The van der Waals surface area contributed by atoms with E-state index < -0.39 is 0 Å². The Morgan fingerprint density at radius 3 is 2.85 bits per heavy atom. The van der Waals surface area contributed by atoms with Crippen molar-refractivity contribution in [2.24, 2.45) is 0 Å². The lowest BCUT2D eigenvalue weighted by Crippen LogP contribution is -2.39. The minimum atomic E-state index is 0.0475. The van der Waals surface area contributed by atoms with Crippen LogP contribution in [0.1, 0.15) is 41.4 Å². The highest BCUT2D eigenvalue weighted by Crippen LogP contribution is 2.35. The summed E-state index contributed by atoms with van der Waals surface area (Å²) < 4.78 is 1.22. The lowest BCUT2D eigenvalue weighted by atomic mass is 10.0. The van der Waals surface area contributed by atoms with Crippen LogP contribution in [0.15, 0.2) is 42.5 Å². The molecule has 1 fully saturated rings. The van der Waals surface area contributed by atoms with Crippen LogP contribution in [0.4, 0.5) is 5.69 Å². The van der Waals surface area contributed by atoms with Gasteiger partial charge in [0.05, 0.1) is 22.8 Å². The van der Waals surface area contributed by atoms with E-state index in [2.05, 4.69) is 48.3 Å². The average Bonchev–Trinajstić information content (AvgIpc) is 3.09. The van der Waals surface area contributed by atoms with Crippen LogP contribution in [0.3, 0.4) is 0 Å². The van der Waals surface area contributed by atoms with Gasteiger partial charge in [0.1, 0.15) is 5.01 Å². The lowest BCUT2D eigenvalue weighted by Gasteiger charge is -2.33. The summed E-state index contributed by atoms with van der Waals surface area (Å²) in [5.74, 6) is 0.0475. The monoisotopic (exact) mass is 379 g/mol. The van der Waals surface area contributed by atoms with Gasteiger partial charge >= 0.3 is 0 Å². The third kappa shape index (κ3) is 4.04. The lowest BCUT2D eigenvalue weighted by molar-refractivity contribution is -0.118. The molecule has 5 heteroatoms. The number of piperidine rings is 1. The number of para-hydroxylation sites is 1. The molecule has 1 atom stereocenters. The van der Waals surface area contributed by atoms with Gasteiger partial charge in [0, 0.05) is 5.69 Å². The molecular weight excluding hydrogens is 354 g/mol. The molecule has 27 heavy (non-hydrogen) atoms. The van der Waals surface area contributed by atoms with E-state index in [9.17, 15) is 4.79 Å². The summed E-state index contributed by atoms with van der Waals surface area (Å²) in [6.45, 7) is 5.50. The smallest absolute Gasteiger partial charge is 0.238 e. The summed E-state index contributed by atoms with van der Waals surface area (Å²) in [4.78, 5) is 19.8. The van der Waals surface area contributed by atoms with Crippen LogP contribution in [0.25, 0.3) is 10.2 Å². The summed E-state index contributed by atoms with van der Waals surface area (Å²) in [7, 11) is 0. The Morgan fingerprint density at radius 1 is 1.19 bits per heavy atom. The number of fused-ring (bicyclic) bond motifs is 1. The SMILES string of the molecule is Cc1ccc(NC(=O)CN2CCCC[C@H]2c2nc3ccccc3s2)cc1C. The highest BCUT2D eigenvalue weighted by atomic mass is 32.1. The van der Waals surface area contributed by atoms with E-state index in [1.807, 2.05) is 18.2 Å². The maximum Gasteiger partial charge on any atom is 0.238 e. The molecule has 4 rings (SSSR count). The average molecular weight is 380 g/mol. The predicted octanol–water partition coefficient (Wildman–Crippen LogP) is 5.08. The summed E-state index contributed by atoms with van der Waals surface area (Å²) in [6, 6.07) is 14.6. The minimum Gasteiger partial charge on any atom is -0.325 e. The van der Waals surface area contributed by atoms with Gasteiger partial charge in [-0.25, -0.2) is 4.98 Å². The molecule has 0 spiro atoms. The molecule has 1 aliphatic rings. The first-order chi connectivity index (χ1) is 13.1. The van der Waals surface area contributed by atoms with Crippen LogP contribution in [0, 0.1) is 13.8 Å². The van der Waals surface area contributed by atoms with Crippen LogP contribution < -0.4 is 5.32 Å². The number of thiazole rings is 1. The fourth-order valence-electron chi connectivity index (χ4n) is 3.70. The van der Waals surface area contributed by atoms with Crippen molar-refractivity contribution in [2.45, 2.75) is 39.2 Å². The molecule has 1 amide bonds. The van der Waals surface area contributed by atoms with E-state index in [1.165, 1.54) is 22.2 Å². The zero-order valence-electron chi connectivity index (χ0n) is 15.9. The standard InChI is InChI=1S/C22H25N3OS/c1-15-10-11-17(13-16(15)2)23-21(26)14-25-12-6-5-8-19(25)22-24-18-7-3-4-9-20(18)27-22/h3-4,7,9-11,13,19H,5-6,8,12,14H2,1-2H3,(H,23,26)/t19-/m0/s1. The van der Waals surface area contributed by atoms with E-state index >= 15 is 0 Å². The first-order valence-corrected chi connectivity index (χ1v) is 10.4. The van der Waals surface area contributed by atoms with Crippen molar-refractivity contribution >= 4 is 33.1 Å². The Labute approximate surface area is 164 Å². The molecule has 1 aliphatic heterocycles. The van der Waals surface area contributed by atoms with Gasteiger partial charge in [0.15, 0.2) is 0 Å². The zero-order chi connectivity index (χ0) is 18.8. The molecule has 3 aromatic rings. The van der Waals surface area contributed by atoms with Gasteiger partial charge in [-0.3, -0.25) is 9.69 Å². The number of likely N-dealkylation sites (tertiary alicyclic amines) is 1. The number of aryl methyl sites for hydroxylation is 2. The van der Waals surface area contributed by atoms with Crippen LogP contribution in [0.5, 0.6) is 0 Å². The third-order valence-electron chi connectivity index (χ3n) is 5.35. The molecule has 4 nitrogen and oxygen atoms in total. The molecule has 2 aromatic carbocycles. The van der Waals surface area contributed by atoms with E-state index in [0.29, 0.717) is 6.54 Å². The number of amides is 1. The summed E-state index contributed by atoms with van der Waals surface area (Å²) >= 11 is 1.76. The fraction of sp³-hybridized carbons (Fsp3) is 0.364. The van der Waals surface area contributed by atoms with Gasteiger partial charge in [0.25, 0.3) is 0 Å². The van der Waals surface area contributed by atoms with Crippen molar-refractivity contribution in [1.82, 2.24) is 9.88 Å². The third-order valence-corrected chi connectivity index (χ3v) is 6.48. The summed E-state index contributed by atoms with van der Waals surface area (Å²) in [5.41, 5.74) is 4.36. The Hall–Kier alpha value is -2.24. The number of anilines is 1. The molecule has 0 unspecified atom stereocenters. The Kier molecular flexibility index (Phi) is 5.23. The van der Waals surface area contributed by atoms with Crippen molar-refractivity contribution in [1.29, 1.82) is 0 Å². The molecule has 1 N–H and O–H groups in total. The predicted molar refractivity (Wildman–Crippen MR) is 112 cm³/mol. The van der Waals surface area contributed by atoms with Gasteiger partial charge in [-0.05, 0) is 68.6 Å². The highest BCUT2D eigenvalue weighted by Gasteiger charge is 2.28. The fourth-order valence-corrected chi connectivity index (χ4v) is 4.83. The molecule has 0 saturated carbocycles. The Balaban J connectivity index is 1.48. The van der Waals surface area contributed by atoms with Crippen molar-refractivity contribution in [3.05, 3.63) is 58.6 Å². The number of benzene rings is 2. The second-order valence-electron chi connectivity index (χ2n) is 7.35. The molecule has 0 bridgehead atoms. The van der Waals surface area contributed by atoms with Crippen molar-refractivity contribution in [2.75, 3.05) is 18.4 Å². The number of aromatic nitrogens is 1. The summed E-state index contributed by atoms with van der Waals surface area (Å²) in [6.07, 6.45) is 3.39. The first kappa shape index (κ1) is 18.1. The topological polar surface area (TPSA) is 45.2 Å². The van der Waals surface area contributed by atoms with Crippen LogP contribution >= 0.6 is 11.3 Å². The van der Waals surface area contributed by atoms with Gasteiger partial charge < -0.3 is 5.32 Å². The molecule has 1 saturated heterocycles. The molecule has 1 aromatic heterocycles. The number of carbonyl (C=O) groups is 1. The van der Waals surface area contributed by atoms with E-state index in [0.717, 1.165) is 35.6 Å². The number of rotatable bonds is 4. The largest absolute Gasteiger partial charge is 0.325 e. The minimum absolute atomic E-state index is 0.0475. The van der Waals surface area contributed by atoms with E-state index in [1.54, 1.807) is 11.3 Å². The van der Waals surface area contributed by atoms with Crippen molar-refractivity contribution in [3.63, 3.8) is 0 Å². The van der Waals surface area contributed by atoms with Gasteiger partial charge in [-0.15, -0.1) is 11.3 Å². The maximum atomic E-state index is 12.7. The number of nitrogens with one attached hydrogen (secondary N) is 1. The molecule has 0 aliphatic carbocycles. The van der Waals surface area contributed by atoms with Crippen LogP contribution in [-0.4, -0.2) is 28.9 Å². The quantitative estimate of drug-likeness (QED) is 0.688. The van der Waals surface area contributed by atoms with Crippen molar-refractivity contribution in [3.8, 4) is 0 Å². The van der Waals surface area contributed by atoms with Gasteiger partial charge in [0.2, 0.25) is 5.91 Å². The summed E-state index contributed by atoms with van der Waals surface area (Å²) in [5, 5.41) is 4.19. The highest BCUT2D eigenvalue weighted by molar-refractivity contribution is 7.18. The molecule has 2 heterocycles. The molecule has 140 valence electrons. The van der Waals surface area contributed by atoms with E-state index in [4.69, 9.17) is 4.98 Å². The number of nitrogens with zero attached hydrogens (tertiary/aromatic N) is 2. The Morgan fingerprint density at radius 2 is 2.04 bits per heavy atom.